The number of aryl methyl sites for hydroxylation is 1. The minimum atomic E-state index is -0.937. The number of ether oxygens (including phenoxy) is 2. The van der Waals surface area contributed by atoms with Gasteiger partial charge in [0, 0.05) is 49.9 Å². The highest BCUT2D eigenvalue weighted by Crippen LogP contribution is 2.47. The van der Waals surface area contributed by atoms with E-state index in [4.69, 9.17) is 9.47 Å². The number of rotatable bonds is 14. The van der Waals surface area contributed by atoms with Crippen LogP contribution in [-0.4, -0.2) is 87.1 Å². The number of phenols is 1. The number of hydrogen-bond donors (Lipinski definition) is 3. The van der Waals surface area contributed by atoms with E-state index in [2.05, 4.69) is 25.8 Å². The Morgan fingerprint density at radius 3 is 2.68 bits per heavy atom. The molecule has 0 amide bonds. The number of phenolic OH excluding ortho intramolecular Hbond substituents is 1. The Bertz CT molecular complexity index is 1300. The molecule has 1 aromatic carbocycles. The van der Waals surface area contributed by atoms with Crippen LogP contribution in [0.5, 0.6) is 17.2 Å². The molecule has 0 saturated carbocycles. The fourth-order valence-electron chi connectivity index (χ4n) is 7.42. The van der Waals surface area contributed by atoms with E-state index in [-0.39, 0.29) is 42.0 Å². The van der Waals surface area contributed by atoms with Gasteiger partial charge in [-0.25, -0.2) is 0 Å². The molecule has 10 heteroatoms. The number of nitrogens with zero attached hydrogens (tertiary/aromatic N) is 3. The number of aliphatic carboxylic acids is 1. The number of aromatic hydroxyl groups is 1. The number of carbonyl (C=O) groups is 2. The van der Waals surface area contributed by atoms with E-state index in [0.29, 0.717) is 37.2 Å². The van der Waals surface area contributed by atoms with Gasteiger partial charge in [-0.05, 0) is 66.8 Å². The maximum Gasteiger partial charge on any atom is 0.308 e. The summed E-state index contributed by atoms with van der Waals surface area (Å²) in [5.41, 5.74) is 1.73. The molecule has 2 unspecified atom stereocenters. The summed E-state index contributed by atoms with van der Waals surface area (Å²) in [6.45, 7) is 8.15. The molecule has 5 rings (SSSR count). The van der Waals surface area contributed by atoms with Crippen molar-refractivity contribution in [1.82, 2.24) is 14.8 Å². The molecule has 0 aliphatic carbocycles. The highest BCUT2D eigenvalue weighted by atomic mass is 16.7. The van der Waals surface area contributed by atoms with E-state index in [9.17, 15) is 24.9 Å². The molecule has 5 atom stereocenters. The number of aromatic nitrogens is 1. The average molecular weight is 610 g/mol. The minimum Gasteiger partial charge on any atom is -0.504 e. The van der Waals surface area contributed by atoms with Crippen LogP contribution in [0.15, 0.2) is 36.7 Å². The molecule has 0 radical (unpaired) electrons. The number of aliphatic hydroxyl groups excluding tert-OH is 1. The lowest BCUT2D eigenvalue weighted by atomic mass is 9.84. The molecule has 0 spiro atoms. The van der Waals surface area contributed by atoms with Crippen molar-refractivity contribution < 1.29 is 34.4 Å². The van der Waals surface area contributed by atoms with E-state index >= 15 is 0 Å². The van der Waals surface area contributed by atoms with Crippen molar-refractivity contribution in [2.24, 2.45) is 17.3 Å². The smallest absolute Gasteiger partial charge is 0.308 e. The predicted octanol–water partition coefficient (Wildman–Crippen LogP) is 4.43. The number of carboxylic acids is 1. The lowest BCUT2D eigenvalue weighted by Gasteiger charge is -2.30. The van der Waals surface area contributed by atoms with Crippen LogP contribution in [0.1, 0.15) is 76.3 Å². The summed E-state index contributed by atoms with van der Waals surface area (Å²) in [4.78, 5) is 35.2. The molecule has 1 aromatic heterocycles. The van der Waals surface area contributed by atoms with E-state index in [1.54, 1.807) is 18.3 Å². The number of fused-ring (bicyclic) bond motifs is 1. The van der Waals surface area contributed by atoms with Gasteiger partial charge in [-0.15, -0.1) is 0 Å². The maximum atomic E-state index is 14.0. The van der Waals surface area contributed by atoms with Crippen molar-refractivity contribution in [2.45, 2.75) is 83.9 Å². The molecular formula is C34H47N3O7. The number of aliphatic hydroxyl groups is 1. The largest absolute Gasteiger partial charge is 0.504 e. The number of likely N-dealkylation sites (tertiary alicyclic amines) is 2. The van der Waals surface area contributed by atoms with Crippen LogP contribution in [0, 0.1) is 17.3 Å². The third-order valence-corrected chi connectivity index (χ3v) is 9.66. The van der Waals surface area contributed by atoms with Crippen molar-refractivity contribution >= 4 is 11.8 Å². The maximum absolute atomic E-state index is 14.0. The Balaban J connectivity index is 1.39. The first-order valence-electron chi connectivity index (χ1n) is 16.0. The van der Waals surface area contributed by atoms with Gasteiger partial charge in [0.1, 0.15) is 12.0 Å². The monoisotopic (exact) mass is 609 g/mol. The van der Waals surface area contributed by atoms with E-state index < -0.39 is 30.1 Å². The summed E-state index contributed by atoms with van der Waals surface area (Å²) >= 11 is 0. The fourth-order valence-corrected chi connectivity index (χ4v) is 7.42. The Morgan fingerprint density at radius 1 is 1.18 bits per heavy atom. The lowest BCUT2D eigenvalue weighted by Crippen LogP contribution is -2.43. The van der Waals surface area contributed by atoms with Gasteiger partial charge in [-0.2, -0.15) is 0 Å². The molecule has 2 aromatic rings. The standard InChI is InChI=1S/C34H47N3O7/c1-4-5-8-23(10-9-22-7-6-12-35-17-22)28(39)19-37-18-25(24-14-27(38)32-29(15-24)43-21-44-32)31(33(41)42)26(37)11-13-36-20-34(2,3)16-30(36)40/h6-7,12,14-15,17,23,25-26,30-31,38,40H,4-5,8-11,13,16,18-21H2,1-3H3,(H,41,42)/t23?,25-,26+,30?,31-/m1/s1. The summed E-state index contributed by atoms with van der Waals surface area (Å²) in [7, 11) is 0. The van der Waals surface area contributed by atoms with E-state index in [1.165, 1.54) is 0 Å². The van der Waals surface area contributed by atoms with Crippen LogP contribution in [0.25, 0.3) is 0 Å². The number of carboxylic acid groups (broad SMARTS) is 1. The van der Waals surface area contributed by atoms with Crippen molar-refractivity contribution in [3.8, 4) is 17.2 Å². The molecule has 0 bridgehead atoms. The van der Waals surface area contributed by atoms with Crippen molar-refractivity contribution in [3.05, 3.63) is 47.8 Å². The van der Waals surface area contributed by atoms with Gasteiger partial charge in [0.2, 0.25) is 12.5 Å². The molecule has 3 aliphatic heterocycles. The highest BCUT2D eigenvalue weighted by Gasteiger charge is 2.48. The number of unbranched alkanes of at least 4 members (excludes halogenated alkanes) is 1. The Morgan fingerprint density at radius 2 is 2.00 bits per heavy atom. The number of benzene rings is 1. The zero-order valence-electron chi connectivity index (χ0n) is 26.2. The van der Waals surface area contributed by atoms with E-state index in [0.717, 1.165) is 44.2 Å². The Labute approximate surface area is 260 Å². The van der Waals surface area contributed by atoms with Crippen LogP contribution in [0.2, 0.25) is 0 Å². The molecule has 3 N–H and O–H groups in total. The van der Waals surface area contributed by atoms with Gasteiger partial charge in [-0.3, -0.25) is 24.4 Å². The van der Waals surface area contributed by atoms with Gasteiger partial charge in [0.25, 0.3) is 0 Å². The molecule has 10 nitrogen and oxygen atoms in total. The van der Waals surface area contributed by atoms with Gasteiger partial charge < -0.3 is 24.8 Å². The first-order chi connectivity index (χ1) is 21.1. The van der Waals surface area contributed by atoms with Gasteiger partial charge in [-0.1, -0.05) is 39.7 Å². The van der Waals surface area contributed by atoms with Crippen molar-refractivity contribution in [2.75, 3.05) is 33.0 Å². The number of hydrogen-bond acceptors (Lipinski definition) is 9. The first kappa shape index (κ1) is 32.2. The quantitative estimate of drug-likeness (QED) is 0.283. The predicted molar refractivity (Wildman–Crippen MR) is 165 cm³/mol. The Kier molecular flexibility index (Phi) is 10.1. The van der Waals surface area contributed by atoms with Crippen molar-refractivity contribution in [3.63, 3.8) is 0 Å². The van der Waals surface area contributed by atoms with Crippen LogP contribution in [-0.2, 0) is 16.0 Å². The number of Topliss-reactive ketones (excluding diaryl/α,β-unsaturated/α-hetero) is 1. The average Bonchev–Trinajstić information content (AvgIpc) is 3.67. The van der Waals surface area contributed by atoms with Gasteiger partial charge in [0.05, 0.1) is 12.5 Å². The second kappa shape index (κ2) is 13.8. The molecule has 4 heterocycles. The van der Waals surface area contributed by atoms with Crippen molar-refractivity contribution in [1.29, 1.82) is 0 Å². The van der Waals surface area contributed by atoms with Crippen LogP contribution >= 0.6 is 0 Å². The number of pyridine rings is 1. The van der Waals surface area contributed by atoms with E-state index in [1.807, 2.05) is 28.1 Å². The SMILES string of the molecule is CCCCC(CCc1cccnc1)C(=O)CN1C[C@H](c2cc(O)c3c(c2)OCO3)[C@@H](C(=O)O)[C@@H]1CCN1CC(C)(C)CC1O. The normalized spacial score (nSPS) is 25.4. The first-order valence-corrected chi connectivity index (χ1v) is 16.0. The second-order valence-electron chi connectivity index (χ2n) is 13.6. The fraction of sp³-hybridized carbons (Fsp3) is 0.618. The third-order valence-electron chi connectivity index (χ3n) is 9.66. The number of ketones is 1. The van der Waals surface area contributed by atoms with Crippen LogP contribution < -0.4 is 9.47 Å². The summed E-state index contributed by atoms with van der Waals surface area (Å²) in [5.74, 6) is -1.62. The molecule has 2 fully saturated rings. The second-order valence-corrected chi connectivity index (χ2v) is 13.6. The number of carbonyl (C=O) groups excluding carboxylic acids is 1. The highest BCUT2D eigenvalue weighted by molar-refractivity contribution is 5.83. The lowest BCUT2D eigenvalue weighted by molar-refractivity contribution is -0.143. The summed E-state index contributed by atoms with van der Waals surface area (Å²) in [6.07, 6.45) is 8.40. The summed E-state index contributed by atoms with van der Waals surface area (Å²) < 4.78 is 10.9. The zero-order chi connectivity index (χ0) is 31.4. The van der Waals surface area contributed by atoms with Gasteiger partial charge in [0.15, 0.2) is 11.5 Å². The van der Waals surface area contributed by atoms with Crippen LogP contribution in [0.3, 0.4) is 0 Å². The molecule has 3 aliphatic rings. The topological polar surface area (TPSA) is 133 Å². The molecule has 44 heavy (non-hydrogen) atoms. The van der Waals surface area contributed by atoms with Crippen LogP contribution in [0.4, 0.5) is 0 Å². The Hall–Kier alpha value is -3.21. The zero-order valence-corrected chi connectivity index (χ0v) is 26.2. The summed E-state index contributed by atoms with van der Waals surface area (Å²) in [6, 6.07) is 6.85. The van der Waals surface area contributed by atoms with Gasteiger partial charge >= 0.3 is 5.97 Å². The molecular weight excluding hydrogens is 562 g/mol. The summed E-state index contributed by atoms with van der Waals surface area (Å²) in [5, 5.41) is 32.0. The molecule has 2 saturated heterocycles. The third kappa shape index (κ3) is 7.35. The molecule has 240 valence electrons. The minimum absolute atomic E-state index is 0.00464.